The summed E-state index contributed by atoms with van der Waals surface area (Å²) in [6, 6.07) is 8.12. The molecular weight excluding hydrogens is 901 g/mol. The van der Waals surface area contributed by atoms with Crippen LogP contribution in [0, 0.1) is 11.8 Å². The molecule has 0 unspecified atom stereocenters. The third-order valence-electron chi connectivity index (χ3n) is 12.6. The molecule has 17 nitrogen and oxygen atoms in total. The number of hydrogen-bond donors (Lipinski definition) is 4. The summed E-state index contributed by atoms with van der Waals surface area (Å²) >= 11 is 3.31. The van der Waals surface area contributed by atoms with Gasteiger partial charge in [0, 0.05) is 75.2 Å². The van der Waals surface area contributed by atoms with Crippen molar-refractivity contribution in [1.82, 2.24) is 35.1 Å². The van der Waals surface area contributed by atoms with Crippen LogP contribution in [0.2, 0.25) is 0 Å². The summed E-state index contributed by atoms with van der Waals surface area (Å²) in [5.74, 6) is 3.34. The molecule has 0 saturated carbocycles. The Bertz CT molecular complexity index is 2960. The molecule has 2 atom stereocenters. The zero-order chi connectivity index (χ0) is 47.5. The average Bonchev–Trinajstić information content (AvgIpc) is 4.16. The number of rotatable bonds is 14. The van der Waals surface area contributed by atoms with Crippen molar-refractivity contribution in [1.29, 1.82) is 0 Å². The van der Waals surface area contributed by atoms with Crippen LogP contribution in [0.1, 0.15) is 69.3 Å². The number of nitrogens with two attached hydrogens (primary N) is 1. The van der Waals surface area contributed by atoms with Gasteiger partial charge in [0.2, 0.25) is 17.7 Å². The number of nitrogens with zero attached hydrogens (tertiary/aromatic N) is 8. The summed E-state index contributed by atoms with van der Waals surface area (Å²) in [6.45, 7) is 4.78. The number of anilines is 4. The minimum absolute atomic E-state index is 0.000526. The van der Waals surface area contributed by atoms with Gasteiger partial charge in [0.25, 0.3) is 0 Å². The van der Waals surface area contributed by atoms with Crippen molar-refractivity contribution >= 4 is 96.3 Å². The van der Waals surface area contributed by atoms with Gasteiger partial charge in [-0.15, -0.1) is 22.7 Å². The van der Waals surface area contributed by atoms with Crippen LogP contribution in [0.4, 0.5) is 23.0 Å². The first-order valence-electron chi connectivity index (χ1n) is 23.0. The number of benzene rings is 2. The van der Waals surface area contributed by atoms with Crippen LogP contribution in [0.15, 0.2) is 46.9 Å². The average molecular weight is 957 g/mol. The summed E-state index contributed by atoms with van der Waals surface area (Å²) in [5.41, 5.74) is 14.1. The zero-order valence-corrected chi connectivity index (χ0v) is 40.6. The van der Waals surface area contributed by atoms with Gasteiger partial charge in [-0.1, -0.05) is 6.92 Å². The lowest BCUT2D eigenvalue weighted by molar-refractivity contribution is -0.134. The Kier molecular flexibility index (Phi) is 13.9. The number of aryl methyl sites for hydroxylation is 2. The molecule has 68 heavy (non-hydrogen) atoms. The number of ether oxygens (including phenoxy) is 2. The molecule has 0 fully saturated rings. The molecule has 0 saturated heterocycles. The van der Waals surface area contributed by atoms with E-state index in [0.717, 1.165) is 110 Å². The molecule has 3 amide bonds. The van der Waals surface area contributed by atoms with E-state index < -0.39 is 0 Å². The van der Waals surface area contributed by atoms with Crippen molar-refractivity contribution in [3.63, 3.8) is 0 Å². The van der Waals surface area contributed by atoms with Gasteiger partial charge in [0.1, 0.15) is 58.7 Å². The van der Waals surface area contributed by atoms with E-state index in [-0.39, 0.29) is 29.6 Å². The highest BCUT2D eigenvalue weighted by Gasteiger charge is 2.32. The number of aromatic nitrogens is 4. The number of carbonyl (C=O) groups excluding carboxylic acids is 3. The highest BCUT2D eigenvalue weighted by Crippen LogP contribution is 2.44. The number of fused-ring (bicyclic) bond motifs is 8. The van der Waals surface area contributed by atoms with E-state index in [1.54, 1.807) is 45.1 Å². The van der Waals surface area contributed by atoms with Crippen molar-refractivity contribution in [2.45, 2.75) is 65.0 Å². The third-order valence-corrected chi connectivity index (χ3v) is 14.9. The highest BCUT2D eigenvalue weighted by molar-refractivity contribution is 7.19. The molecule has 4 aromatic heterocycles. The number of nitrogens with one attached hydrogen (secondary N) is 3. The molecule has 2 aliphatic heterocycles. The Hall–Kier alpha value is -6.57. The predicted molar refractivity (Wildman–Crippen MR) is 269 cm³/mol. The number of thiophene rings is 2. The molecular formula is C49H56N12O5S2. The van der Waals surface area contributed by atoms with E-state index in [9.17, 15) is 14.4 Å². The minimum Gasteiger partial charge on any atom is -0.490 e. The van der Waals surface area contributed by atoms with Gasteiger partial charge in [0.05, 0.1) is 41.8 Å². The molecule has 4 aliphatic rings. The zero-order valence-electron chi connectivity index (χ0n) is 39.0. The van der Waals surface area contributed by atoms with Crippen molar-refractivity contribution in [2.75, 3.05) is 65.1 Å². The fourth-order valence-corrected chi connectivity index (χ4v) is 11.7. The summed E-state index contributed by atoms with van der Waals surface area (Å²) in [7, 11) is 7.27. The van der Waals surface area contributed by atoms with Gasteiger partial charge in [-0.25, -0.2) is 19.9 Å². The molecule has 19 heteroatoms. The molecule has 2 aromatic carbocycles. The Labute approximate surface area is 402 Å². The maximum absolute atomic E-state index is 12.6. The number of hydrogen-bond acceptors (Lipinski definition) is 16. The Balaban J connectivity index is 0.000000171. The molecule has 354 valence electrons. The van der Waals surface area contributed by atoms with Crippen molar-refractivity contribution in [3.8, 4) is 11.5 Å². The van der Waals surface area contributed by atoms with E-state index >= 15 is 0 Å². The van der Waals surface area contributed by atoms with Crippen LogP contribution < -0.4 is 31.2 Å². The molecule has 5 N–H and O–H groups in total. The standard InChI is InChI=1S/C26H30N6O3S.C23H26N6O2S/c1-4-22(33)28-7-8-35-20-10-17-13-27-12-16(17)9-19(20)31-24-23-18-6-5-15(26(34)32(2)3)11-21(18)36-25(23)30-14-29-24;1-29(2)23(30)13-3-4-16-19(9-13)32-22-20(16)21(26-12-27-22)28-17-7-14-10-25-11-15(14)8-18(17)31-6-5-24/h9-10,12,14-15H,4-8,11,13H2,1-3H3,(H,28,33)(H,29,30,31);7-8,10,12-13H,3-6,9,11,24H2,1-2H3,(H,26,27,28)/t15-;13-/m00/s1. The molecule has 6 heterocycles. The maximum Gasteiger partial charge on any atom is 0.225 e. The topological polar surface area (TPSA) is 215 Å². The summed E-state index contributed by atoms with van der Waals surface area (Å²) in [5, 5.41) is 11.9. The quantitative estimate of drug-likeness (QED) is 0.0878. The molecule has 0 spiro atoms. The van der Waals surface area contributed by atoms with E-state index in [1.165, 1.54) is 20.9 Å². The van der Waals surface area contributed by atoms with Gasteiger partial charge in [-0.2, -0.15) is 0 Å². The fraction of sp³-hybridized carbons (Fsp3) is 0.408. The van der Waals surface area contributed by atoms with E-state index in [1.807, 2.05) is 65.7 Å². The maximum atomic E-state index is 12.6. The van der Waals surface area contributed by atoms with E-state index in [4.69, 9.17) is 15.2 Å². The van der Waals surface area contributed by atoms with Crippen LogP contribution in [0.5, 0.6) is 11.5 Å². The van der Waals surface area contributed by atoms with E-state index in [0.29, 0.717) is 51.6 Å². The highest BCUT2D eigenvalue weighted by atomic mass is 32.1. The lowest BCUT2D eigenvalue weighted by atomic mass is 9.87. The Morgan fingerprint density at radius 3 is 1.65 bits per heavy atom. The van der Waals surface area contributed by atoms with Gasteiger partial charge in [-0.05, 0) is 96.2 Å². The van der Waals surface area contributed by atoms with Gasteiger partial charge >= 0.3 is 0 Å². The minimum atomic E-state index is -0.000526. The smallest absolute Gasteiger partial charge is 0.225 e. The predicted octanol–water partition coefficient (Wildman–Crippen LogP) is 6.36. The number of carbonyl (C=O) groups is 3. The number of aliphatic imine (C=N–C) groups is 2. The second kappa shape index (κ2) is 20.3. The van der Waals surface area contributed by atoms with Crippen LogP contribution in [0.25, 0.3) is 20.4 Å². The Morgan fingerprint density at radius 1 is 0.706 bits per heavy atom. The molecule has 2 aliphatic carbocycles. The normalized spacial score (nSPS) is 16.3. The van der Waals surface area contributed by atoms with Crippen molar-refractivity contribution in [2.24, 2.45) is 27.6 Å². The monoisotopic (exact) mass is 956 g/mol. The number of amides is 3. The molecule has 6 aromatic rings. The molecule has 0 radical (unpaired) electrons. The summed E-state index contributed by atoms with van der Waals surface area (Å²) < 4.78 is 12.0. The summed E-state index contributed by atoms with van der Waals surface area (Å²) in [4.78, 5) is 71.3. The third kappa shape index (κ3) is 9.73. The summed E-state index contributed by atoms with van der Waals surface area (Å²) in [6.07, 6.45) is 12.2. The van der Waals surface area contributed by atoms with Crippen LogP contribution in [-0.4, -0.2) is 114 Å². The van der Waals surface area contributed by atoms with Gasteiger partial charge < -0.3 is 41.0 Å². The second-order valence-corrected chi connectivity index (χ2v) is 19.8. The first-order chi connectivity index (χ1) is 33.0. The lowest BCUT2D eigenvalue weighted by Crippen LogP contribution is -2.32. The lowest BCUT2D eigenvalue weighted by Gasteiger charge is -2.24. The fourth-order valence-electron chi connectivity index (χ4n) is 9.17. The Morgan fingerprint density at radius 2 is 1.19 bits per heavy atom. The van der Waals surface area contributed by atoms with Gasteiger partial charge in [-0.3, -0.25) is 24.4 Å². The van der Waals surface area contributed by atoms with Gasteiger partial charge in [0.15, 0.2) is 0 Å². The largest absolute Gasteiger partial charge is 0.490 e. The second-order valence-electron chi connectivity index (χ2n) is 17.6. The van der Waals surface area contributed by atoms with Crippen molar-refractivity contribution in [3.05, 3.63) is 80.1 Å². The van der Waals surface area contributed by atoms with E-state index in [2.05, 4.69) is 51.9 Å². The van der Waals surface area contributed by atoms with Crippen LogP contribution >= 0.6 is 22.7 Å². The molecule has 0 bridgehead atoms. The van der Waals surface area contributed by atoms with Crippen LogP contribution in [0.3, 0.4) is 0 Å². The first kappa shape index (κ1) is 46.5. The first-order valence-corrected chi connectivity index (χ1v) is 24.7. The molecule has 10 rings (SSSR count). The van der Waals surface area contributed by atoms with Crippen molar-refractivity contribution < 1.29 is 23.9 Å². The SMILES string of the molecule is CCC(=O)NCCOc1cc2c(cc1Nc1ncnc3sc4c(c13)CC[C@H](C(=O)N(C)C)C4)C=NC2.CN(C)C(=O)[C@H]1CCc2c(sc3ncnc(Nc4cc5c(cc4OCCN)CN=C5)c23)C1. The van der Waals surface area contributed by atoms with Crippen LogP contribution in [-0.2, 0) is 53.2 Å².